The first-order chi connectivity index (χ1) is 12.0. The minimum absolute atomic E-state index is 0.0478. The second kappa shape index (κ2) is 12.7. The van der Waals surface area contributed by atoms with Crippen molar-refractivity contribution in [3.63, 3.8) is 0 Å². The molecule has 26 heavy (non-hydrogen) atoms. The standard InChI is InChI=1S/C19H35NO6/c1-14(2)13-26-25-11-10-24-18(22)20-8-9-23-17(21)16(15(3)4)12-19(5,6)7/h15-16H,1,8-13H2,2-7H3,(H,20,22). The van der Waals surface area contributed by atoms with Crippen molar-refractivity contribution in [2.75, 3.05) is 33.0 Å². The fourth-order valence-corrected chi connectivity index (χ4v) is 2.08. The smallest absolute Gasteiger partial charge is 0.407 e. The summed E-state index contributed by atoms with van der Waals surface area (Å²) in [7, 11) is 0. The van der Waals surface area contributed by atoms with Crippen LogP contribution in [0.1, 0.15) is 48.0 Å². The molecule has 1 amide bonds. The zero-order valence-electron chi connectivity index (χ0n) is 17.1. The molecular formula is C19H35NO6. The Kier molecular flexibility index (Phi) is 11.9. The van der Waals surface area contributed by atoms with Gasteiger partial charge in [-0.2, -0.15) is 0 Å². The molecular weight excluding hydrogens is 338 g/mol. The Morgan fingerprint density at radius 2 is 1.69 bits per heavy atom. The van der Waals surface area contributed by atoms with Crippen molar-refractivity contribution in [2.45, 2.75) is 48.0 Å². The zero-order chi connectivity index (χ0) is 20.2. The van der Waals surface area contributed by atoms with Gasteiger partial charge in [-0.05, 0) is 24.7 Å². The van der Waals surface area contributed by atoms with Crippen LogP contribution in [0.4, 0.5) is 4.79 Å². The van der Waals surface area contributed by atoms with Gasteiger partial charge in [-0.25, -0.2) is 14.6 Å². The SMILES string of the molecule is C=C(C)COOCCOC(=O)NCCOC(=O)C(CC(C)(C)C)C(C)C. The average Bonchev–Trinajstić information content (AvgIpc) is 2.51. The molecule has 0 radical (unpaired) electrons. The molecule has 7 heteroatoms. The monoisotopic (exact) mass is 373 g/mol. The lowest BCUT2D eigenvalue weighted by Gasteiger charge is -2.27. The largest absolute Gasteiger partial charge is 0.464 e. The van der Waals surface area contributed by atoms with Crippen molar-refractivity contribution in [1.29, 1.82) is 0 Å². The van der Waals surface area contributed by atoms with Crippen molar-refractivity contribution in [3.05, 3.63) is 12.2 Å². The summed E-state index contributed by atoms with van der Waals surface area (Å²) in [5.74, 6) is -0.182. The summed E-state index contributed by atoms with van der Waals surface area (Å²) in [6.07, 6.45) is 0.159. The number of hydrogen-bond donors (Lipinski definition) is 1. The fraction of sp³-hybridized carbons (Fsp3) is 0.789. The van der Waals surface area contributed by atoms with Gasteiger partial charge >= 0.3 is 12.1 Å². The van der Waals surface area contributed by atoms with Crippen molar-refractivity contribution in [2.24, 2.45) is 17.3 Å². The molecule has 7 nitrogen and oxygen atoms in total. The summed E-state index contributed by atoms with van der Waals surface area (Å²) in [6.45, 7) is 16.6. The van der Waals surface area contributed by atoms with Crippen LogP contribution in [0, 0.1) is 17.3 Å². The summed E-state index contributed by atoms with van der Waals surface area (Å²) in [5, 5.41) is 2.51. The number of alkyl carbamates (subject to hydrolysis) is 1. The molecule has 0 aromatic rings. The van der Waals surface area contributed by atoms with E-state index in [-0.39, 0.29) is 49.6 Å². The maximum absolute atomic E-state index is 12.2. The number of carbonyl (C=O) groups excluding carboxylic acids is 2. The number of hydrogen-bond acceptors (Lipinski definition) is 6. The predicted molar refractivity (Wildman–Crippen MR) is 99.4 cm³/mol. The lowest BCUT2D eigenvalue weighted by Crippen LogP contribution is -2.32. The molecule has 0 heterocycles. The summed E-state index contributed by atoms with van der Waals surface area (Å²) in [6, 6.07) is 0. The molecule has 0 aliphatic heterocycles. The van der Waals surface area contributed by atoms with E-state index in [4.69, 9.17) is 19.2 Å². The third kappa shape index (κ3) is 13.7. The second-order valence-electron chi connectivity index (χ2n) is 7.89. The number of ether oxygens (including phenoxy) is 2. The van der Waals surface area contributed by atoms with Crippen LogP contribution in [-0.2, 0) is 24.0 Å². The molecule has 0 aliphatic rings. The van der Waals surface area contributed by atoms with Crippen molar-refractivity contribution < 1.29 is 28.8 Å². The van der Waals surface area contributed by atoms with Crippen LogP contribution in [-0.4, -0.2) is 45.0 Å². The van der Waals surface area contributed by atoms with Gasteiger partial charge in [0.05, 0.1) is 12.5 Å². The highest BCUT2D eigenvalue weighted by Crippen LogP contribution is 2.29. The van der Waals surface area contributed by atoms with Gasteiger partial charge in [-0.1, -0.05) is 46.8 Å². The van der Waals surface area contributed by atoms with E-state index >= 15 is 0 Å². The molecule has 0 spiro atoms. The van der Waals surface area contributed by atoms with Gasteiger partial charge in [-0.15, -0.1) is 0 Å². The Morgan fingerprint density at radius 3 is 2.23 bits per heavy atom. The van der Waals surface area contributed by atoms with Gasteiger partial charge in [0.15, 0.2) is 0 Å². The first-order valence-corrected chi connectivity index (χ1v) is 8.99. The number of esters is 1. The van der Waals surface area contributed by atoms with E-state index in [0.29, 0.717) is 6.61 Å². The quantitative estimate of drug-likeness (QED) is 0.185. The van der Waals surface area contributed by atoms with Crippen LogP contribution in [0.5, 0.6) is 0 Å². The highest BCUT2D eigenvalue weighted by molar-refractivity contribution is 5.73. The van der Waals surface area contributed by atoms with Gasteiger partial charge in [0.2, 0.25) is 0 Å². The number of amides is 1. The van der Waals surface area contributed by atoms with E-state index in [1.54, 1.807) is 0 Å². The van der Waals surface area contributed by atoms with Gasteiger partial charge in [0.1, 0.15) is 26.4 Å². The van der Waals surface area contributed by atoms with E-state index in [2.05, 4.69) is 32.7 Å². The molecule has 0 rings (SSSR count). The first kappa shape index (κ1) is 24.4. The van der Waals surface area contributed by atoms with Gasteiger partial charge in [0.25, 0.3) is 0 Å². The van der Waals surface area contributed by atoms with E-state index in [1.165, 1.54) is 0 Å². The van der Waals surface area contributed by atoms with Gasteiger partial charge < -0.3 is 14.8 Å². The van der Waals surface area contributed by atoms with Crippen molar-refractivity contribution in [1.82, 2.24) is 5.32 Å². The van der Waals surface area contributed by atoms with Crippen LogP contribution < -0.4 is 5.32 Å². The third-order valence-corrected chi connectivity index (χ3v) is 3.34. The molecule has 0 aromatic carbocycles. The Hall–Kier alpha value is -1.60. The maximum Gasteiger partial charge on any atom is 0.407 e. The van der Waals surface area contributed by atoms with Crippen LogP contribution in [0.3, 0.4) is 0 Å². The van der Waals surface area contributed by atoms with E-state index in [1.807, 2.05) is 20.8 Å². The second-order valence-corrected chi connectivity index (χ2v) is 7.89. The van der Waals surface area contributed by atoms with Crippen LogP contribution in [0.25, 0.3) is 0 Å². The summed E-state index contributed by atoms with van der Waals surface area (Å²) in [4.78, 5) is 33.3. The average molecular weight is 373 g/mol. The lowest BCUT2D eigenvalue weighted by atomic mass is 9.80. The lowest BCUT2D eigenvalue weighted by molar-refractivity contribution is -0.290. The molecule has 0 saturated carbocycles. The minimum Gasteiger partial charge on any atom is -0.464 e. The Bertz CT molecular complexity index is 442. The van der Waals surface area contributed by atoms with Gasteiger partial charge in [-0.3, -0.25) is 4.79 Å². The zero-order valence-corrected chi connectivity index (χ0v) is 17.1. The maximum atomic E-state index is 12.2. The first-order valence-electron chi connectivity index (χ1n) is 8.99. The van der Waals surface area contributed by atoms with E-state index < -0.39 is 6.09 Å². The minimum atomic E-state index is -0.598. The Balaban J connectivity index is 3.87. The number of nitrogens with one attached hydrogen (secondary N) is 1. The Labute approximate surface area is 157 Å². The highest BCUT2D eigenvalue weighted by atomic mass is 17.2. The van der Waals surface area contributed by atoms with Crippen molar-refractivity contribution >= 4 is 12.1 Å². The molecule has 0 aromatic heterocycles. The molecule has 1 unspecified atom stereocenters. The summed E-state index contributed by atoms with van der Waals surface area (Å²) >= 11 is 0. The Morgan fingerprint density at radius 1 is 1.04 bits per heavy atom. The molecule has 0 saturated heterocycles. The van der Waals surface area contributed by atoms with E-state index in [9.17, 15) is 9.59 Å². The van der Waals surface area contributed by atoms with Crippen LogP contribution in [0.15, 0.2) is 12.2 Å². The summed E-state index contributed by atoms with van der Waals surface area (Å²) < 4.78 is 10.2. The molecule has 0 fully saturated rings. The molecule has 152 valence electrons. The normalized spacial score (nSPS) is 12.6. The van der Waals surface area contributed by atoms with Crippen LogP contribution >= 0.6 is 0 Å². The third-order valence-electron chi connectivity index (χ3n) is 3.34. The molecule has 1 atom stereocenters. The number of rotatable bonds is 12. The molecule has 0 bridgehead atoms. The molecule has 0 aliphatic carbocycles. The van der Waals surface area contributed by atoms with E-state index in [0.717, 1.165) is 12.0 Å². The topological polar surface area (TPSA) is 83.1 Å². The predicted octanol–water partition coefficient (Wildman–Crippen LogP) is 3.49. The summed E-state index contributed by atoms with van der Waals surface area (Å²) in [5.41, 5.74) is 0.882. The fourth-order valence-electron chi connectivity index (χ4n) is 2.08. The number of carbonyl (C=O) groups is 2. The van der Waals surface area contributed by atoms with Gasteiger partial charge in [0, 0.05) is 0 Å². The molecule has 1 N–H and O–H groups in total. The van der Waals surface area contributed by atoms with Crippen LogP contribution in [0.2, 0.25) is 0 Å². The van der Waals surface area contributed by atoms with Crippen molar-refractivity contribution in [3.8, 4) is 0 Å². The highest BCUT2D eigenvalue weighted by Gasteiger charge is 2.28.